The molecule has 10 heteroatoms. The number of hydrogen-bond donors (Lipinski definition) is 0. The summed E-state index contributed by atoms with van der Waals surface area (Å²) in [6.07, 6.45) is 1.52. The first-order valence-electron chi connectivity index (χ1n) is 10.7. The molecule has 0 aliphatic carbocycles. The van der Waals surface area contributed by atoms with Crippen LogP contribution in [0.5, 0.6) is 5.88 Å². The van der Waals surface area contributed by atoms with E-state index in [0.717, 1.165) is 43.5 Å². The number of likely N-dealkylation sites (tertiary alicyclic amines) is 1. The van der Waals surface area contributed by atoms with Crippen LogP contribution in [-0.4, -0.2) is 44.8 Å². The summed E-state index contributed by atoms with van der Waals surface area (Å²) in [6.45, 7) is 3.42. The highest BCUT2D eigenvalue weighted by Gasteiger charge is 2.33. The number of rotatable bonds is 6. The molecule has 1 saturated heterocycles. The van der Waals surface area contributed by atoms with E-state index < -0.39 is 11.7 Å². The number of ether oxygens (including phenoxy) is 1. The van der Waals surface area contributed by atoms with E-state index in [-0.39, 0.29) is 23.0 Å². The fraction of sp³-hybridized carbons (Fsp3) is 0.333. The first kappa shape index (κ1) is 24.1. The van der Waals surface area contributed by atoms with E-state index in [2.05, 4.69) is 19.9 Å². The van der Waals surface area contributed by atoms with E-state index in [9.17, 15) is 18.0 Å². The van der Waals surface area contributed by atoms with Gasteiger partial charge in [-0.2, -0.15) is 13.2 Å². The van der Waals surface area contributed by atoms with Gasteiger partial charge in [-0.1, -0.05) is 23.7 Å². The number of aldehydes is 1. The van der Waals surface area contributed by atoms with Crippen molar-refractivity contribution in [2.45, 2.75) is 44.6 Å². The second-order valence-corrected chi connectivity index (χ2v) is 8.54. The first-order chi connectivity index (χ1) is 16.3. The molecule has 2 atom stereocenters. The first-order valence-corrected chi connectivity index (χ1v) is 11.1. The molecule has 178 valence electrons. The van der Waals surface area contributed by atoms with Gasteiger partial charge in [0.15, 0.2) is 12.1 Å². The van der Waals surface area contributed by atoms with Crippen LogP contribution in [0.25, 0.3) is 11.4 Å². The van der Waals surface area contributed by atoms with E-state index in [1.54, 1.807) is 24.5 Å². The number of nitrogens with zero attached hydrogens (tertiary/aromatic N) is 4. The maximum Gasteiger partial charge on any atom is 0.417 e. The lowest BCUT2D eigenvalue weighted by molar-refractivity contribution is -0.137. The number of piperidine rings is 1. The summed E-state index contributed by atoms with van der Waals surface area (Å²) in [5.41, 5.74) is 1.23. The average Bonchev–Trinajstić information content (AvgIpc) is 2.82. The Kier molecular flexibility index (Phi) is 7.13. The van der Waals surface area contributed by atoms with Crippen molar-refractivity contribution in [3.8, 4) is 17.3 Å². The summed E-state index contributed by atoms with van der Waals surface area (Å²) >= 11 is 6.03. The quantitative estimate of drug-likeness (QED) is 0.428. The summed E-state index contributed by atoms with van der Waals surface area (Å²) < 4.78 is 44.6. The van der Waals surface area contributed by atoms with Gasteiger partial charge in [0.1, 0.15) is 11.1 Å². The molecule has 4 rings (SSSR count). The third-order valence-electron chi connectivity index (χ3n) is 5.88. The largest absolute Gasteiger partial charge is 0.472 e. The second kappa shape index (κ2) is 10.1. The minimum atomic E-state index is -4.52. The molecular formula is C24H22ClF3N4O2. The van der Waals surface area contributed by atoms with Crippen LogP contribution in [0.3, 0.4) is 0 Å². The molecule has 0 radical (unpaired) electrons. The van der Waals surface area contributed by atoms with Crippen molar-refractivity contribution in [3.63, 3.8) is 0 Å². The summed E-state index contributed by atoms with van der Waals surface area (Å²) in [7, 11) is 0. The van der Waals surface area contributed by atoms with E-state index in [0.29, 0.717) is 23.5 Å². The Morgan fingerprint density at radius 2 is 1.97 bits per heavy atom. The second-order valence-electron chi connectivity index (χ2n) is 8.13. The molecule has 1 fully saturated rings. The lowest BCUT2D eigenvalue weighted by Gasteiger charge is -2.39. The Labute approximate surface area is 199 Å². The van der Waals surface area contributed by atoms with Gasteiger partial charge in [-0.05, 0) is 50.1 Å². The van der Waals surface area contributed by atoms with Crippen LogP contribution in [0.1, 0.15) is 41.3 Å². The number of halogens is 4. The van der Waals surface area contributed by atoms with Gasteiger partial charge >= 0.3 is 6.18 Å². The van der Waals surface area contributed by atoms with Crippen molar-refractivity contribution in [2.75, 3.05) is 6.54 Å². The molecule has 0 saturated carbocycles. The third-order valence-corrected chi connectivity index (χ3v) is 6.15. The SMILES string of the molecule is C[C@H]1[C@H](Oc2ncc(C(F)(F)F)cc2Cl)CCCN1Cc1ccc(C=O)c(-c2ncccn2)c1. The molecule has 3 heterocycles. The van der Waals surface area contributed by atoms with Crippen LogP contribution in [0, 0.1) is 0 Å². The summed E-state index contributed by atoms with van der Waals surface area (Å²) in [5.74, 6) is 0.467. The molecule has 3 aromatic rings. The van der Waals surface area contributed by atoms with Crippen molar-refractivity contribution in [1.29, 1.82) is 0 Å². The highest BCUT2D eigenvalue weighted by atomic mass is 35.5. The zero-order valence-corrected chi connectivity index (χ0v) is 19.1. The standard InChI is InChI=1S/C24H22ClF3N4O2/c1-15-21(34-23-20(25)11-18(12-31-23)24(26,27)28)4-2-9-32(15)13-16-5-6-17(14-33)19(10-16)22-29-7-3-8-30-22/h3,5-8,10-12,14-15,21H,2,4,9,13H2,1H3/t15-,21+/m0/s1. The van der Waals surface area contributed by atoms with Crippen LogP contribution in [-0.2, 0) is 12.7 Å². The Hall–Kier alpha value is -3.04. The van der Waals surface area contributed by atoms with Crippen molar-refractivity contribution >= 4 is 17.9 Å². The molecule has 1 aliphatic rings. The van der Waals surface area contributed by atoms with E-state index in [1.165, 1.54) is 0 Å². The predicted octanol–water partition coefficient (Wildman–Crippen LogP) is 5.46. The molecule has 1 aromatic carbocycles. The predicted molar refractivity (Wildman–Crippen MR) is 121 cm³/mol. The molecule has 0 spiro atoms. The van der Waals surface area contributed by atoms with Crippen LogP contribution < -0.4 is 4.74 Å². The normalized spacial score (nSPS) is 19.1. The molecule has 0 unspecified atom stereocenters. The highest BCUT2D eigenvalue weighted by Crippen LogP contribution is 2.34. The van der Waals surface area contributed by atoms with E-state index in [1.807, 2.05) is 19.1 Å². The summed E-state index contributed by atoms with van der Waals surface area (Å²) in [5, 5.41) is -0.170. The molecule has 0 bridgehead atoms. The minimum Gasteiger partial charge on any atom is -0.472 e. The fourth-order valence-electron chi connectivity index (χ4n) is 4.04. The number of pyridine rings is 1. The Bertz CT molecular complexity index is 1160. The van der Waals surface area contributed by atoms with Crippen LogP contribution in [0.15, 0.2) is 48.9 Å². The molecule has 2 aromatic heterocycles. The molecule has 1 aliphatic heterocycles. The lowest BCUT2D eigenvalue weighted by Crippen LogP contribution is -2.48. The van der Waals surface area contributed by atoms with Crippen LogP contribution in [0.2, 0.25) is 5.02 Å². The zero-order chi connectivity index (χ0) is 24.3. The highest BCUT2D eigenvalue weighted by molar-refractivity contribution is 6.31. The van der Waals surface area contributed by atoms with Gasteiger partial charge in [-0.25, -0.2) is 15.0 Å². The number of benzene rings is 1. The summed E-state index contributed by atoms with van der Waals surface area (Å²) in [6, 6.07) is 8.04. The smallest absolute Gasteiger partial charge is 0.417 e. The molecular weight excluding hydrogens is 469 g/mol. The van der Waals surface area contributed by atoms with Gasteiger partial charge in [0.05, 0.1) is 5.56 Å². The molecule has 34 heavy (non-hydrogen) atoms. The van der Waals surface area contributed by atoms with Gasteiger partial charge in [0.2, 0.25) is 5.88 Å². The Morgan fingerprint density at radius 3 is 2.65 bits per heavy atom. The minimum absolute atomic E-state index is 0.00721. The van der Waals surface area contributed by atoms with Gasteiger partial charge in [0.25, 0.3) is 0 Å². The lowest BCUT2D eigenvalue weighted by atomic mass is 9.98. The van der Waals surface area contributed by atoms with Crippen molar-refractivity contribution in [3.05, 3.63) is 70.6 Å². The zero-order valence-electron chi connectivity index (χ0n) is 18.3. The van der Waals surface area contributed by atoms with Gasteiger partial charge in [-0.15, -0.1) is 0 Å². The van der Waals surface area contributed by atoms with Crippen molar-refractivity contribution < 1.29 is 22.7 Å². The number of alkyl halides is 3. The number of carbonyl (C=O) groups excluding carboxylic acids is 1. The number of aromatic nitrogens is 3. The monoisotopic (exact) mass is 490 g/mol. The topological polar surface area (TPSA) is 68.2 Å². The van der Waals surface area contributed by atoms with Gasteiger partial charge in [-0.3, -0.25) is 9.69 Å². The molecule has 0 amide bonds. The number of carbonyl (C=O) groups is 1. The molecule has 6 nitrogen and oxygen atoms in total. The molecule has 0 N–H and O–H groups in total. The maximum absolute atomic E-state index is 12.9. The van der Waals surface area contributed by atoms with E-state index >= 15 is 0 Å². The van der Waals surface area contributed by atoms with Crippen molar-refractivity contribution in [1.82, 2.24) is 19.9 Å². The maximum atomic E-state index is 12.9. The Balaban J connectivity index is 1.50. The Morgan fingerprint density at radius 1 is 1.21 bits per heavy atom. The fourth-order valence-corrected chi connectivity index (χ4v) is 4.25. The number of hydrogen-bond acceptors (Lipinski definition) is 6. The van der Waals surface area contributed by atoms with E-state index in [4.69, 9.17) is 16.3 Å². The van der Waals surface area contributed by atoms with Crippen molar-refractivity contribution in [2.24, 2.45) is 0 Å². The summed E-state index contributed by atoms with van der Waals surface area (Å²) in [4.78, 5) is 26.1. The average molecular weight is 491 g/mol. The third kappa shape index (κ3) is 5.37. The van der Waals surface area contributed by atoms with Gasteiger partial charge in [0, 0.05) is 42.3 Å². The van der Waals surface area contributed by atoms with Gasteiger partial charge < -0.3 is 4.74 Å². The van der Waals surface area contributed by atoms with Crippen LogP contribution in [0.4, 0.5) is 13.2 Å². The van der Waals surface area contributed by atoms with Crippen LogP contribution >= 0.6 is 11.6 Å².